The summed E-state index contributed by atoms with van der Waals surface area (Å²) in [5.74, 6) is 1.56. The predicted molar refractivity (Wildman–Crippen MR) is 87.9 cm³/mol. The van der Waals surface area contributed by atoms with Crippen LogP contribution < -0.4 is 4.74 Å². The van der Waals surface area contributed by atoms with Crippen molar-refractivity contribution in [3.05, 3.63) is 29.8 Å². The normalized spacial score (nSPS) is 23.3. The van der Waals surface area contributed by atoms with Crippen molar-refractivity contribution in [2.45, 2.75) is 57.4 Å². The average Bonchev–Trinajstić information content (AvgIpc) is 2.99. The van der Waals surface area contributed by atoms with Gasteiger partial charge in [0.1, 0.15) is 5.75 Å². The molecule has 1 saturated carbocycles. The van der Waals surface area contributed by atoms with Crippen molar-refractivity contribution in [1.29, 1.82) is 0 Å². The molecule has 0 bridgehead atoms. The summed E-state index contributed by atoms with van der Waals surface area (Å²) in [4.78, 5) is 15.1. The fourth-order valence-corrected chi connectivity index (χ4v) is 3.95. The largest absolute Gasteiger partial charge is 0.497 e. The van der Waals surface area contributed by atoms with Gasteiger partial charge in [-0.1, -0.05) is 37.8 Å². The second-order valence-corrected chi connectivity index (χ2v) is 6.65. The number of benzene rings is 1. The van der Waals surface area contributed by atoms with Crippen LogP contribution in [0.25, 0.3) is 0 Å². The Morgan fingerprint density at radius 1 is 1.00 bits per heavy atom. The third-order valence-electron chi connectivity index (χ3n) is 5.24. The van der Waals surface area contributed by atoms with Crippen LogP contribution in [0.2, 0.25) is 0 Å². The van der Waals surface area contributed by atoms with E-state index in [0.29, 0.717) is 5.91 Å². The molecule has 3 heteroatoms. The number of methoxy groups -OCH3 is 1. The van der Waals surface area contributed by atoms with Crippen molar-refractivity contribution in [3.8, 4) is 5.75 Å². The molecule has 3 nitrogen and oxygen atoms in total. The molecular weight excluding hydrogens is 274 g/mol. The molecule has 1 atom stereocenters. The maximum Gasteiger partial charge on any atom is 0.226 e. The van der Waals surface area contributed by atoms with Gasteiger partial charge < -0.3 is 9.64 Å². The summed E-state index contributed by atoms with van der Waals surface area (Å²) < 4.78 is 5.26. The smallest absolute Gasteiger partial charge is 0.226 e. The van der Waals surface area contributed by atoms with Gasteiger partial charge in [0.2, 0.25) is 5.91 Å². The van der Waals surface area contributed by atoms with Gasteiger partial charge in [-0.15, -0.1) is 0 Å². The summed E-state index contributed by atoms with van der Waals surface area (Å²) in [6.45, 7) is 0.923. The number of rotatable bonds is 3. The van der Waals surface area contributed by atoms with E-state index in [1.807, 2.05) is 12.1 Å². The molecule has 1 amide bonds. The summed E-state index contributed by atoms with van der Waals surface area (Å²) in [5, 5.41) is 0. The quantitative estimate of drug-likeness (QED) is 0.831. The minimum absolute atomic E-state index is 0.251. The third-order valence-corrected chi connectivity index (χ3v) is 5.24. The Hall–Kier alpha value is -1.51. The van der Waals surface area contributed by atoms with E-state index in [1.54, 1.807) is 7.11 Å². The number of carbonyl (C=O) groups excluding carboxylic acids is 1. The SMILES string of the molecule is COc1ccc([C@H]2CCCCCN2C(=O)C2CCCC2)cc1. The maximum absolute atomic E-state index is 13.0. The standard InChI is InChI=1S/C19H27NO2/c1-22-17-12-10-15(11-13-17)18-9-3-2-6-14-20(18)19(21)16-7-4-5-8-16/h10-13,16,18H,2-9,14H2,1H3/t18-/m1/s1. The second kappa shape index (κ2) is 7.17. The number of amides is 1. The van der Waals surface area contributed by atoms with Crippen molar-refractivity contribution in [3.63, 3.8) is 0 Å². The highest BCUT2D eigenvalue weighted by Gasteiger charge is 2.32. The number of carbonyl (C=O) groups is 1. The van der Waals surface area contributed by atoms with E-state index in [0.717, 1.165) is 38.0 Å². The lowest BCUT2D eigenvalue weighted by molar-refractivity contribution is -0.137. The lowest BCUT2D eigenvalue weighted by atomic mass is 9.98. The molecule has 120 valence electrons. The molecule has 0 radical (unpaired) electrons. The highest BCUT2D eigenvalue weighted by Crippen LogP contribution is 2.35. The van der Waals surface area contributed by atoms with Crippen LogP contribution >= 0.6 is 0 Å². The Morgan fingerprint density at radius 3 is 2.36 bits per heavy atom. The number of likely N-dealkylation sites (tertiary alicyclic amines) is 1. The molecular formula is C19H27NO2. The zero-order valence-electron chi connectivity index (χ0n) is 13.6. The molecule has 2 fully saturated rings. The fourth-order valence-electron chi connectivity index (χ4n) is 3.95. The Kier molecular flexibility index (Phi) is 5.01. The summed E-state index contributed by atoms with van der Waals surface area (Å²) >= 11 is 0. The van der Waals surface area contributed by atoms with Gasteiger partial charge in [0, 0.05) is 12.5 Å². The van der Waals surface area contributed by atoms with Crippen LogP contribution in [0.1, 0.15) is 63.0 Å². The van der Waals surface area contributed by atoms with Crippen molar-refractivity contribution < 1.29 is 9.53 Å². The van der Waals surface area contributed by atoms with Crippen molar-refractivity contribution in [2.24, 2.45) is 5.92 Å². The Morgan fingerprint density at radius 2 is 1.68 bits per heavy atom. The molecule has 1 aromatic carbocycles. The van der Waals surface area contributed by atoms with Crippen LogP contribution in [0.3, 0.4) is 0 Å². The molecule has 22 heavy (non-hydrogen) atoms. The van der Waals surface area contributed by atoms with Gasteiger partial charge in [-0.3, -0.25) is 4.79 Å². The van der Waals surface area contributed by atoms with Crippen LogP contribution in [0.15, 0.2) is 24.3 Å². The van der Waals surface area contributed by atoms with E-state index < -0.39 is 0 Å². The second-order valence-electron chi connectivity index (χ2n) is 6.65. The molecule has 1 aromatic rings. The Bertz CT molecular complexity index is 491. The lowest BCUT2D eigenvalue weighted by Crippen LogP contribution is -2.38. The molecule has 1 saturated heterocycles. The first kappa shape index (κ1) is 15.4. The summed E-state index contributed by atoms with van der Waals surface area (Å²) in [7, 11) is 1.69. The molecule has 0 spiro atoms. The van der Waals surface area contributed by atoms with E-state index in [9.17, 15) is 4.79 Å². The van der Waals surface area contributed by atoms with Crippen LogP contribution in [-0.4, -0.2) is 24.5 Å². The van der Waals surface area contributed by atoms with Crippen LogP contribution in [0.5, 0.6) is 5.75 Å². The van der Waals surface area contributed by atoms with E-state index in [-0.39, 0.29) is 12.0 Å². The predicted octanol–water partition coefficient (Wildman–Crippen LogP) is 4.33. The number of nitrogens with zero attached hydrogens (tertiary/aromatic N) is 1. The van der Waals surface area contributed by atoms with Gasteiger partial charge in [0.15, 0.2) is 0 Å². The van der Waals surface area contributed by atoms with Gasteiger partial charge in [-0.05, 0) is 43.4 Å². The molecule has 2 aliphatic rings. The number of hydrogen-bond acceptors (Lipinski definition) is 2. The molecule has 0 N–H and O–H groups in total. The van der Waals surface area contributed by atoms with E-state index in [4.69, 9.17) is 4.74 Å². The number of hydrogen-bond donors (Lipinski definition) is 0. The van der Waals surface area contributed by atoms with Crippen LogP contribution in [0.4, 0.5) is 0 Å². The first-order valence-corrected chi connectivity index (χ1v) is 8.74. The van der Waals surface area contributed by atoms with Gasteiger partial charge >= 0.3 is 0 Å². The highest BCUT2D eigenvalue weighted by molar-refractivity contribution is 5.79. The zero-order chi connectivity index (χ0) is 15.4. The first-order valence-electron chi connectivity index (χ1n) is 8.74. The minimum Gasteiger partial charge on any atom is -0.497 e. The van der Waals surface area contributed by atoms with Gasteiger partial charge in [0.05, 0.1) is 13.2 Å². The summed E-state index contributed by atoms with van der Waals surface area (Å²) in [6.07, 6.45) is 9.30. The highest BCUT2D eigenvalue weighted by atomic mass is 16.5. The van der Waals surface area contributed by atoms with Crippen LogP contribution in [0, 0.1) is 5.92 Å². The molecule has 1 aliphatic carbocycles. The molecule has 0 unspecified atom stereocenters. The summed E-state index contributed by atoms with van der Waals surface area (Å²) in [5.41, 5.74) is 1.26. The van der Waals surface area contributed by atoms with Crippen molar-refractivity contribution in [1.82, 2.24) is 4.90 Å². The lowest BCUT2D eigenvalue weighted by Gasteiger charge is -2.32. The third kappa shape index (κ3) is 3.29. The number of ether oxygens (including phenoxy) is 1. The minimum atomic E-state index is 0.251. The Balaban J connectivity index is 1.81. The summed E-state index contributed by atoms with van der Waals surface area (Å²) in [6, 6.07) is 8.53. The van der Waals surface area contributed by atoms with Gasteiger partial charge in [-0.2, -0.15) is 0 Å². The topological polar surface area (TPSA) is 29.5 Å². The molecule has 0 aromatic heterocycles. The zero-order valence-corrected chi connectivity index (χ0v) is 13.6. The monoisotopic (exact) mass is 301 g/mol. The van der Waals surface area contributed by atoms with Gasteiger partial charge in [-0.25, -0.2) is 0 Å². The van der Waals surface area contributed by atoms with Crippen molar-refractivity contribution in [2.75, 3.05) is 13.7 Å². The Labute approximate surface area is 133 Å². The maximum atomic E-state index is 13.0. The molecule has 1 aliphatic heterocycles. The fraction of sp³-hybridized carbons (Fsp3) is 0.632. The van der Waals surface area contributed by atoms with E-state index >= 15 is 0 Å². The average molecular weight is 301 g/mol. The molecule has 1 heterocycles. The van der Waals surface area contributed by atoms with Crippen LogP contribution in [-0.2, 0) is 4.79 Å². The van der Waals surface area contributed by atoms with Gasteiger partial charge in [0.25, 0.3) is 0 Å². The van der Waals surface area contributed by atoms with E-state index in [1.165, 1.54) is 31.2 Å². The molecule has 3 rings (SSSR count). The van der Waals surface area contributed by atoms with E-state index in [2.05, 4.69) is 17.0 Å². The van der Waals surface area contributed by atoms with Crippen molar-refractivity contribution >= 4 is 5.91 Å². The first-order chi connectivity index (χ1) is 10.8.